The number of nitrogens with one attached hydrogen (secondary N) is 1. The topological polar surface area (TPSA) is 75.1 Å². The monoisotopic (exact) mass is 283 g/mol. The van der Waals surface area contributed by atoms with E-state index in [2.05, 4.69) is 21.8 Å². The number of rotatable bonds is 5. The molecule has 1 heterocycles. The summed E-state index contributed by atoms with van der Waals surface area (Å²) in [5, 5.41) is 16.7. The molecule has 19 heavy (non-hydrogen) atoms. The number of aromatic nitrogens is 2. The van der Waals surface area contributed by atoms with Crippen molar-refractivity contribution in [1.29, 1.82) is 0 Å². The summed E-state index contributed by atoms with van der Waals surface area (Å²) < 4.78 is 3.87. The van der Waals surface area contributed by atoms with Gasteiger partial charge in [-0.1, -0.05) is 37.1 Å². The van der Waals surface area contributed by atoms with Crippen molar-refractivity contribution in [2.24, 2.45) is 0 Å². The Bertz CT molecular complexity index is 427. The number of carbonyl (C=O) groups is 1. The van der Waals surface area contributed by atoms with E-state index < -0.39 is 5.54 Å². The predicted molar refractivity (Wildman–Crippen MR) is 74.3 cm³/mol. The lowest BCUT2D eigenvalue weighted by molar-refractivity contribution is 0.0761. The molecular formula is C13H21N3O2S. The molecule has 0 saturated heterocycles. The van der Waals surface area contributed by atoms with E-state index >= 15 is 0 Å². The number of hydrogen-bond acceptors (Lipinski definition) is 5. The number of aliphatic hydroxyl groups excluding tert-OH is 1. The number of nitrogens with zero attached hydrogens (tertiary/aromatic N) is 2. The first kappa shape index (κ1) is 14.4. The molecule has 1 aromatic rings. The average Bonchev–Trinajstić information content (AvgIpc) is 2.88. The van der Waals surface area contributed by atoms with Gasteiger partial charge < -0.3 is 10.4 Å². The maximum Gasteiger partial charge on any atom is 0.265 e. The molecule has 1 aromatic heterocycles. The summed E-state index contributed by atoms with van der Waals surface area (Å²) in [4.78, 5) is 12.9. The summed E-state index contributed by atoms with van der Waals surface area (Å²) in [6.45, 7) is 2.06. The second-order valence-corrected chi connectivity index (χ2v) is 6.01. The van der Waals surface area contributed by atoms with Crippen molar-refractivity contribution in [3.05, 3.63) is 10.6 Å². The molecule has 0 radical (unpaired) electrons. The minimum absolute atomic E-state index is 0.00802. The van der Waals surface area contributed by atoms with E-state index in [1.165, 1.54) is 6.42 Å². The van der Waals surface area contributed by atoms with Crippen molar-refractivity contribution < 1.29 is 9.90 Å². The highest BCUT2D eigenvalue weighted by atomic mass is 32.1. The number of carbonyl (C=O) groups excluding carboxylic acids is 1. The van der Waals surface area contributed by atoms with Gasteiger partial charge >= 0.3 is 0 Å². The maximum atomic E-state index is 12.3. The fourth-order valence-electron chi connectivity index (χ4n) is 2.63. The fourth-order valence-corrected chi connectivity index (χ4v) is 3.23. The van der Waals surface area contributed by atoms with Gasteiger partial charge in [0.25, 0.3) is 5.91 Å². The maximum absolute atomic E-state index is 12.3. The van der Waals surface area contributed by atoms with E-state index in [0.29, 0.717) is 4.88 Å². The Kier molecular flexibility index (Phi) is 4.87. The fraction of sp³-hybridized carbons (Fsp3) is 0.769. The smallest absolute Gasteiger partial charge is 0.265 e. The molecule has 5 nitrogen and oxygen atoms in total. The van der Waals surface area contributed by atoms with E-state index in [1.54, 1.807) is 0 Å². The zero-order chi connectivity index (χ0) is 13.7. The van der Waals surface area contributed by atoms with Crippen molar-refractivity contribution in [3.63, 3.8) is 0 Å². The molecule has 0 atom stereocenters. The number of aliphatic hydroxyl groups is 1. The van der Waals surface area contributed by atoms with Crippen molar-refractivity contribution >= 4 is 17.4 Å². The third kappa shape index (κ3) is 3.30. The first-order valence-corrected chi connectivity index (χ1v) is 7.73. The summed E-state index contributed by atoms with van der Waals surface area (Å²) in [5.74, 6) is -0.130. The van der Waals surface area contributed by atoms with Crippen molar-refractivity contribution in [2.75, 3.05) is 6.61 Å². The van der Waals surface area contributed by atoms with Gasteiger partial charge in [-0.05, 0) is 30.8 Å². The van der Waals surface area contributed by atoms with Crippen LogP contribution in [0.1, 0.15) is 60.8 Å². The minimum Gasteiger partial charge on any atom is -0.394 e. The molecule has 0 spiro atoms. The second kappa shape index (κ2) is 6.43. The van der Waals surface area contributed by atoms with Gasteiger partial charge in [0.05, 0.1) is 17.8 Å². The van der Waals surface area contributed by atoms with Gasteiger partial charge in [-0.25, -0.2) is 0 Å². The molecule has 106 valence electrons. The number of hydrogen-bond donors (Lipinski definition) is 2. The van der Waals surface area contributed by atoms with Crippen LogP contribution < -0.4 is 5.32 Å². The molecule has 1 aliphatic rings. The van der Waals surface area contributed by atoms with Gasteiger partial charge in [0.15, 0.2) is 0 Å². The molecule has 0 bridgehead atoms. The van der Waals surface area contributed by atoms with Crippen LogP contribution in [0, 0.1) is 0 Å². The molecule has 2 N–H and O–H groups in total. The van der Waals surface area contributed by atoms with Gasteiger partial charge in [-0.2, -0.15) is 0 Å². The summed E-state index contributed by atoms with van der Waals surface area (Å²) in [6.07, 6.45) is 6.71. The predicted octanol–water partition coefficient (Wildman–Crippen LogP) is 1.92. The van der Waals surface area contributed by atoms with Crippen LogP contribution in [0.25, 0.3) is 0 Å². The minimum atomic E-state index is -0.442. The van der Waals surface area contributed by atoms with Gasteiger partial charge in [0.2, 0.25) is 0 Å². The zero-order valence-corrected chi connectivity index (χ0v) is 12.1. The van der Waals surface area contributed by atoms with Crippen LogP contribution in [-0.4, -0.2) is 32.7 Å². The van der Waals surface area contributed by atoms with E-state index in [9.17, 15) is 9.90 Å². The van der Waals surface area contributed by atoms with Crippen molar-refractivity contribution in [3.8, 4) is 0 Å². The highest BCUT2D eigenvalue weighted by Gasteiger charge is 2.34. The zero-order valence-electron chi connectivity index (χ0n) is 11.3. The molecule has 0 unspecified atom stereocenters. The lowest BCUT2D eigenvalue weighted by Crippen LogP contribution is -2.52. The van der Waals surface area contributed by atoms with Gasteiger partial charge in [-0.3, -0.25) is 4.79 Å². The third-order valence-electron chi connectivity index (χ3n) is 3.74. The number of amides is 1. The quantitative estimate of drug-likeness (QED) is 0.865. The van der Waals surface area contributed by atoms with Crippen LogP contribution in [0.2, 0.25) is 0 Å². The first-order valence-electron chi connectivity index (χ1n) is 6.95. The molecule has 2 rings (SSSR count). The van der Waals surface area contributed by atoms with Crippen LogP contribution >= 0.6 is 11.5 Å². The van der Waals surface area contributed by atoms with Gasteiger partial charge in [-0.15, -0.1) is 5.10 Å². The molecule has 1 saturated carbocycles. The standard InChI is InChI=1S/C13H21N3O2S/c1-2-6-10-11(19-16-15-10)12(18)14-13(9-17)7-4-3-5-8-13/h17H,2-9H2,1H3,(H,14,18). The Morgan fingerprint density at radius 3 is 2.79 bits per heavy atom. The first-order chi connectivity index (χ1) is 9.21. The Hall–Kier alpha value is -1.01. The molecule has 1 fully saturated rings. The van der Waals surface area contributed by atoms with Crippen LogP contribution in [0.5, 0.6) is 0 Å². The van der Waals surface area contributed by atoms with Crippen LogP contribution in [0.4, 0.5) is 0 Å². The Morgan fingerprint density at radius 1 is 1.42 bits per heavy atom. The molecule has 1 aliphatic carbocycles. The highest BCUT2D eigenvalue weighted by molar-refractivity contribution is 7.08. The molecule has 1 amide bonds. The Morgan fingerprint density at radius 2 is 2.16 bits per heavy atom. The molecular weight excluding hydrogens is 262 g/mol. The molecule has 0 aromatic carbocycles. The lowest BCUT2D eigenvalue weighted by atomic mass is 9.82. The summed E-state index contributed by atoms with van der Waals surface area (Å²) in [6, 6.07) is 0. The lowest BCUT2D eigenvalue weighted by Gasteiger charge is -2.36. The third-order valence-corrected chi connectivity index (χ3v) is 4.51. The SMILES string of the molecule is CCCc1nnsc1C(=O)NC1(CO)CCCCC1. The Balaban J connectivity index is 2.08. The van der Waals surface area contributed by atoms with Gasteiger partial charge in [0.1, 0.15) is 4.88 Å². The Labute approximate surface area is 117 Å². The summed E-state index contributed by atoms with van der Waals surface area (Å²) in [5.41, 5.74) is 0.330. The summed E-state index contributed by atoms with van der Waals surface area (Å²) in [7, 11) is 0. The van der Waals surface area contributed by atoms with Crippen LogP contribution in [-0.2, 0) is 6.42 Å². The van der Waals surface area contributed by atoms with Crippen LogP contribution in [0.15, 0.2) is 0 Å². The average molecular weight is 283 g/mol. The molecule has 6 heteroatoms. The summed E-state index contributed by atoms with van der Waals surface area (Å²) >= 11 is 1.14. The normalized spacial score (nSPS) is 18.2. The van der Waals surface area contributed by atoms with Crippen LogP contribution in [0.3, 0.4) is 0 Å². The van der Waals surface area contributed by atoms with E-state index in [-0.39, 0.29) is 12.5 Å². The van der Waals surface area contributed by atoms with E-state index in [1.807, 2.05) is 0 Å². The molecule has 0 aliphatic heterocycles. The van der Waals surface area contributed by atoms with Gasteiger partial charge in [0, 0.05) is 0 Å². The van der Waals surface area contributed by atoms with E-state index in [4.69, 9.17) is 0 Å². The largest absolute Gasteiger partial charge is 0.394 e. The van der Waals surface area contributed by atoms with Crippen molar-refractivity contribution in [1.82, 2.24) is 14.9 Å². The highest BCUT2D eigenvalue weighted by Crippen LogP contribution is 2.28. The second-order valence-electron chi connectivity index (χ2n) is 5.25. The number of aryl methyl sites for hydroxylation is 1. The van der Waals surface area contributed by atoms with Crippen molar-refractivity contribution in [2.45, 2.75) is 57.4 Å². The van der Waals surface area contributed by atoms with E-state index in [0.717, 1.165) is 55.8 Å².